The third kappa shape index (κ3) is 2.42. The summed E-state index contributed by atoms with van der Waals surface area (Å²) in [6, 6.07) is 9.10. The first-order chi connectivity index (χ1) is 9.04. The van der Waals surface area contributed by atoms with Crippen molar-refractivity contribution in [2.75, 3.05) is 0 Å². The Morgan fingerprint density at radius 3 is 1.95 bits per heavy atom. The summed E-state index contributed by atoms with van der Waals surface area (Å²) in [6.45, 7) is 8.79. The molecule has 0 aliphatic rings. The van der Waals surface area contributed by atoms with E-state index in [9.17, 15) is 0 Å². The second-order valence-corrected chi connectivity index (χ2v) is 8.48. The van der Waals surface area contributed by atoms with E-state index in [1.54, 1.807) is 0 Å². The topological polar surface area (TPSA) is 0 Å². The summed E-state index contributed by atoms with van der Waals surface area (Å²) in [6.07, 6.45) is 0. The van der Waals surface area contributed by atoms with E-state index in [0.717, 1.165) is 0 Å². The molecule has 3 heterocycles. The van der Waals surface area contributed by atoms with Crippen LogP contribution in [0.5, 0.6) is 0 Å². The third-order valence-electron chi connectivity index (χ3n) is 3.29. The maximum atomic E-state index is 2.33. The summed E-state index contributed by atoms with van der Waals surface area (Å²) in [5, 5.41) is 0. The van der Waals surface area contributed by atoms with Crippen molar-refractivity contribution in [3.05, 3.63) is 45.1 Å². The molecule has 0 atom stereocenters. The Morgan fingerprint density at radius 1 is 0.684 bits per heavy atom. The van der Waals surface area contributed by atoms with Gasteiger partial charge in [-0.05, 0) is 63.1 Å². The number of rotatable bonds is 2. The van der Waals surface area contributed by atoms with Crippen LogP contribution in [0, 0.1) is 27.7 Å². The van der Waals surface area contributed by atoms with Crippen LogP contribution < -0.4 is 0 Å². The van der Waals surface area contributed by atoms with Gasteiger partial charge in [-0.15, -0.1) is 34.0 Å². The van der Waals surface area contributed by atoms with Crippen molar-refractivity contribution in [2.24, 2.45) is 0 Å². The molecule has 0 aromatic carbocycles. The van der Waals surface area contributed by atoms with Crippen molar-refractivity contribution in [3.8, 4) is 19.5 Å². The number of thiophene rings is 3. The van der Waals surface area contributed by atoms with Crippen LogP contribution in [0.4, 0.5) is 0 Å². The number of hydrogen-bond acceptors (Lipinski definition) is 3. The molecule has 0 saturated carbocycles. The van der Waals surface area contributed by atoms with Crippen molar-refractivity contribution in [1.82, 2.24) is 0 Å². The zero-order chi connectivity index (χ0) is 13.6. The van der Waals surface area contributed by atoms with Crippen LogP contribution in [0.1, 0.15) is 20.9 Å². The van der Waals surface area contributed by atoms with Gasteiger partial charge in [0, 0.05) is 29.3 Å². The SMILES string of the molecule is Cc1ccc(-c2sc(-c3cc(C)c(C)s3)cc2C)s1. The molecule has 3 heteroatoms. The number of hydrogen-bond donors (Lipinski definition) is 0. The third-order valence-corrected chi connectivity index (χ3v) is 7.06. The predicted molar refractivity (Wildman–Crippen MR) is 89.9 cm³/mol. The fraction of sp³-hybridized carbons (Fsp3) is 0.250. The van der Waals surface area contributed by atoms with Crippen LogP contribution >= 0.6 is 34.0 Å². The Morgan fingerprint density at radius 2 is 1.37 bits per heavy atom. The Kier molecular flexibility index (Phi) is 3.37. The average Bonchev–Trinajstić information content (AvgIpc) is 3.01. The molecule has 3 aromatic heterocycles. The van der Waals surface area contributed by atoms with Gasteiger partial charge in [0.05, 0.1) is 0 Å². The van der Waals surface area contributed by atoms with E-state index >= 15 is 0 Å². The molecule has 0 nitrogen and oxygen atoms in total. The largest absolute Gasteiger partial charge is 0.140 e. The molecule has 0 radical (unpaired) electrons. The minimum atomic E-state index is 1.38. The Hall–Kier alpha value is -0.900. The Bertz CT molecular complexity index is 706. The van der Waals surface area contributed by atoms with Crippen molar-refractivity contribution in [1.29, 1.82) is 0 Å². The molecule has 0 amide bonds. The fourth-order valence-electron chi connectivity index (χ4n) is 2.10. The molecule has 3 aromatic rings. The summed E-state index contributed by atoms with van der Waals surface area (Å²) < 4.78 is 0. The molecule has 0 saturated heterocycles. The minimum absolute atomic E-state index is 1.38. The van der Waals surface area contributed by atoms with Gasteiger partial charge in [-0.25, -0.2) is 0 Å². The quantitative estimate of drug-likeness (QED) is 0.511. The molecule has 0 N–H and O–H groups in total. The van der Waals surface area contributed by atoms with Gasteiger partial charge in [-0.2, -0.15) is 0 Å². The van der Waals surface area contributed by atoms with Crippen LogP contribution in [0.15, 0.2) is 24.3 Å². The lowest BCUT2D eigenvalue weighted by molar-refractivity contribution is 1.44. The van der Waals surface area contributed by atoms with E-state index in [-0.39, 0.29) is 0 Å². The van der Waals surface area contributed by atoms with Gasteiger partial charge < -0.3 is 0 Å². The summed E-state index contributed by atoms with van der Waals surface area (Å²) in [5.74, 6) is 0. The van der Waals surface area contributed by atoms with Crippen molar-refractivity contribution in [2.45, 2.75) is 27.7 Å². The second-order valence-electron chi connectivity index (χ2n) is 4.88. The van der Waals surface area contributed by atoms with Crippen LogP contribution in [0.3, 0.4) is 0 Å². The standard InChI is InChI=1S/C16H16S3/c1-9-7-14(18-12(9)4)15-8-10(2)16(19-15)13-6-5-11(3)17-13/h5-8H,1-4H3. The van der Waals surface area contributed by atoms with Gasteiger partial charge in [-0.1, -0.05) is 0 Å². The normalized spacial score (nSPS) is 11.2. The molecule has 0 spiro atoms. The molecule has 0 aliphatic carbocycles. The highest BCUT2D eigenvalue weighted by atomic mass is 32.1. The summed E-state index contributed by atoms with van der Waals surface area (Å²) in [5.41, 5.74) is 2.80. The molecule has 3 rings (SSSR count). The predicted octanol–water partition coefficient (Wildman–Crippen LogP) is 6.44. The number of aryl methyl sites for hydroxylation is 4. The highest BCUT2D eigenvalue weighted by Crippen LogP contribution is 2.42. The highest BCUT2D eigenvalue weighted by molar-refractivity contribution is 7.26. The Labute approximate surface area is 126 Å². The van der Waals surface area contributed by atoms with Crippen molar-refractivity contribution < 1.29 is 0 Å². The lowest BCUT2D eigenvalue weighted by Gasteiger charge is -1.92. The van der Waals surface area contributed by atoms with Gasteiger partial charge in [-0.3, -0.25) is 0 Å². The zero-order valence-corrected chi connectivity index (χ0v) is 14.0. The summed E-state index contributed by atoms with van der Waals surface area (Å²) >= 11 is 5.71. The van der Waals surface area contributed by atoms with Crippen LogP contribution in [-0.2, 0) is 0 Å². The smallest absolute Gasteiger partial charge is 0.0478 e. The lowest BCUT2D eigenvalue weighted by atomic mass is 10.2. The Balaban J connectivity index is 2.06. The van der Waals surface area contributed by atoms with E-state index < -0.39 is 0 Å². The molecular weight excluding hydrogens is 288 g/mol. The van der Waals surface area contributed by atoms with Crippen molar-refractivity contribution in [3.63, 3.8) is 0 Å². The zero-order valence-electron chi connectivity index (χ0n) is 11.5. The maximum absolute atomic E-state index is 2.33. The average molecular weight is 305 g/mol. The second kappa shape index (κ2) is 4.89. The van der Waals surface area contributed by atoms with Gasteiger partial charge in [0.25, 0.3) is 0 Å². The minimum Gasteiger partial charge on any atom is -0.140 e. The van der Waals surface area contributed by atoms with E-state index in [1.165, 1.54) is 40.4 Å². The van der Waals surface area contributed by atoms with E-state index in [2.05, 4.69) is 52.0 Å². The molecule has 0 aliphatic heterocycles. The van der Waals surface area contributed by atoms with E-state index in [1.807, 2.05) is 34.0 Å². The molecular formula is C16H16S3. The van der Waals surface area contributed by atoms with Crippen LogP contribution in [-0.4, -0.2) is 0 Å². The molecule has 19 heavy (non-hydrogen) atoms. The van der Waals surface area contributed by atoms with Crippen LogP contribution in [0.25, 0.3) is 19.5 Å². The molecule has 0 bridgehead atoms. The molecule has 0 fully saturated rings. The first-order valence-corrected chi connectivity index (χ1v) is 8.74. The maximum Gasteiger partial charge on any atom is 0.0478 e. The van der Waals surface area contributed by atoms with Gasteiger partial charge in [0.1, 0.15) is 0 Å². The first kappa shape index (κ1) is 13.1. The van der Waals surface area contributed by atoms with E-state index in [4.69, 9.17) is 0 Å². The van der Waals surface area contributed by atoms with Gasteiger partial charge in [0.2, 0.25) is 0 Å². The van der Waals surface area contributed by atoms with Crippen molar-refractivity contribution >= 4 is 34.0 Å². The van der Waals surface area contributed by atoms with E-state index in [0.29, 0.717) is 0 Å². The molecule has 98 valence electrons. The van der Waals surface area contributed by atoms with Gasteiger partial charge >= 0.3 is 0 Å². The highest BCUT2D eigenvalue weighted by Gasteiger charge is 2.12. The summed E-state index contributed by atoms with van der Waals surface area (Å²) in [7, 11) is 0. The first-order valence-electron chi connectivity index (χ1n) is 6.29. The lowest BCUT2D eigenvalue weighted by Crippen LogP contribution is -1.66. The summed E-state index contributed by atoms with van der Waals surface area (Å²) in [4.78, 5) is 8.44. The van der Waals surface area contributed by atoms with Gasteiger partial charge in [0.15, 0.2) is 0 Å². The monoisotopic (exact) mass is 304 g/mol. The molecule has 0 unspecified atom stereocenters. The fourth-order valence-corrected chi connectivity index (χ4v) is 5.42. The van der Waals surface area contributed by atoms with Crippen LogP contribution in [0.2, 0.25) is 0 Å².